The molecule has 5 fully saturated rings. The Bertz CT molecular complexity index is 977. The molecule has 1 aromatic rings. The zero-order valence-electron chi connectivity index (χ0n) is 22.6. The molecule has 0 amide bonds. The second kappa shape index (κ2) is 10.5. The summed E-state index contributed by atoms with van der Waals surface area (Å²) >= 11 is 2.26. The Labute approximate surface area is 230 Å². The molecule has 8 atom stereocenters. The molecule has 0 bridgehead atoms. The molecule has 0 spiro atoms. The minimum atomic E-state index is -4.08. The van der Waals surface area contributed by atoms with E-state index in [4.69, 9.17) is 4.74 Å². The van der Waals surface area contributed by atoms with Gasteiger partial charge in [-0.05, 0) is 99.9 Å². The van der Waals surface area contributed by atoms with Gasteiger partial charge >= 0.3 is 6.18 Å². The summed E-state index contributed by atoms with van der Waals surface area (Å²) in [7, 11) is 0. The van der Waals surface area contributed by atoms with Crippen LogP contribution in [0.3, 0.4) is 0 Å². The summed E-state index contributed by atoms with van der Waals surface area (Å²) in [5, 5.41) is 5.53. The summed E-state index contributed by atoms with van der Waals surface area (Å²) in [4.78, 5) is 0. The third-order valence-electron chi connectivity index (χ3n) is 11.4. The first-order chi connectivity index (χ1) is 18.5. The first-order valence-electron chi connectivity index (χ1n) is 15.7. The van der Waals surface area contributed by atoms with E-state index >= 15 is 0 Å². The van der Waals surface area contributed by atoms with Crippen LogP contribution in [0.25, 0.3) is 0 Å². The Morgan fingerprint density at radius 3 is 2.37 bits per heavy atom. The van der Waals surface area contributed by atoms with E-state index in [0.29, 0.717) is 23.6 Å². The molecule has 0 aromatic heterocycles. The number of alkyl halides is 3. The van der Waals surface area contributed by atoms with Crippen molar-refractivity contribution in [1.29, 1.82) is 0 Å². The highest BCUT2D eigenvalue weighted by atomic mass is 32.2. The smallest absolute Gasteiger partial charge is 0.391 e. The fourth-order valence-electron chi connectivity index (χ4n) is 9.45. The standard InChI is InChI=1S/C32H44F3NOS/c33-32(34,35)22-7-3-6-21(18-22)24-9-5-11-26-25-10-4-8-23(29(25)37-30(24)26)19-14-16-20(17-15-19)31-36-27-12-1-2-13-28(27)38-31/h5,9,11,19-23,25,27-29,31,36H,1-4,6-8,10,12-18H2. The average molecular weight is 548 g/mol. The Morgan fingerprint density at radius 1 is 0.789 bits per heavy atom. The fraction of sp³-hybridized carbons (Fsp3) is 0.812. The number of benzene rings is 1. The first-order valence-corrected chi connectivity index (χ1v) is 16.7. The summed E-state index contributed by atoms with van der Waals surface area (Å²) < 4.78 is 47.6. The largest absolute Gasteiger partial charge is 0.489 e. The number of thioether (sulfide) groups is 1. The van der Waals surface area contributed by atoms with Crippen LogP contribution in [0.15, 0.2) is 18.2 Å². The van der Waals surface area contributed by atoms with Crippen LogP contribution < -0.4 is 10.1 Å². The summed E-state index contributed by atoms with van der Waals surface area (Å²) in [5.74, 6) is 2.34. The summed E-state index contributed by atoms with van der Waals surface area (Å²) in [6.07, 6.45) is 12.7. The van der Waals surface area contributed by atoms with E-state index in [1.165, 1.54) is 69.8 Å². The van der Waals surface area contributed by atoms with Gasteiger partial charge in [-0.25, -0.2) is 0 Å². The third-order valence-corrected chi connectivity index (χ3v) is 13.2. The van der Waals surface area contributed by atoms with Crippen LogP contribution in [0.4, 0.5) is 13.2 Å². The van der Waals surface area contributed by atoms with Gasteiger partial charge in [-0.2, -0.15) is 13.2 Å². The number of nitrogens with one attached hydrogen (secondary N) is 1. The number of rotatable bonds is 3. The molecule has 38 heavy (non-hydrogen) atoms. The van der Waals surface area contributed by atoms with Crippen LogP contribution in [-0.4, -0.2) is 28.9 Å². The van der Waals surface area contributed by atoms with Gasteiger partial charge in [0.05, 0.1) is 11.3 Å². The van der Waals surface area contributed by atoms with Gasteiger partial charge in [-0.3, -0.25) is 0 Å². The number of para-hydroxylation sites is 1. The van der Waals surface area contributed by atoms with Gasteiger partial charge in [-0.15, -0.1) is 11.8 Å². The Kier molecular flexibility index (Phi) is 7.20. The van der Waals surface area contributed by atoms with E-state index in [2.05, 4.69) is 35.3 Å². The molecule has 0 radical (unpaired) electrons. The third kappa shape index (κ3) is 4.82. The predicted octanol–water partition coefficient (Wildman–Crippen LogP) is 8.95. The minimum Gasteiger partial charge on any atom is -0.489 e. The SMILES string of the molecule is FC(F)(F)C1CCCC(c2cccc3c2OC2C3CCCC2C2CCC(C3NC4CCCCC4S3)CC2)C1. The highest BCUT2D eigenvalue weighted by Gasteiger charge is 2.49. The van der Waals surface area contributed by atoms with E-state index in [9.17, 15) is 13.2 Å². The zero-order chi connectivity index (χ0) is 25.9. The van der Waals surface area contributed by atoms with Gasteiger partial charge in [0.15, 0.2) is 0 Å². The highest BCUT2D eigenvalue weighted by molar-refractivity contribution is 8.00. The van der Waals surface area contributed by atoms with Crippen LogP contribution in [0.5, 0.6) is 5.75 Å². The van der Waals surface area contributed by atoms with Crippen molar-refractivity contribution in [3.8, 4) is 5.75 Å². The van der Waals surface area contributed by atoms with Crippen molar-refractivity contribution in [2.24, 2.45) is 23.7 Å². The number of hydrogen-bond donors (Lipinski definition) is 1. The van der Waals surface area contributed by atoms with Crippen molar-refractivity contribution in [1.82, 2.24) is 5.32 Å². The normalized spacial score (nSPS) is 43.1. The monoisotopic (exact) mass is 547 g/mol. The Balaban J connectivity index is 1.03. The lowest BCUT2D eigenvalue weighted by atomic mass is 9.66. The maximum absolute atomic E-state index is 13.6. The maximum atomic E-state index is 13.6. The van der Waals surface area contributed by atoms with Crippen LogP contribution in [-0.2, 0) is 0 Å². The molecule has 2 aliphatic heterocycles. The topological polar surface area (TPSA) is 21.3 Å². The molecule has 6 aliphatic rings. The van der Waals surface area contributed by atoms with Crippen molar-refractivity contribution < 1.29 is 17.9 Å². The number of hydrogen-bond acceptors (Lipinski definition) is 3. The molecule has 6 heteroatoms. The fourth-order valence-corrected chi connectivity index (χ4v) is 11.3. The van der Waals surface area contributed by atoms with Crippen LogP contribution in [0.2, 0.25) is 0 Å². The second-order valence-corrected chi connectivity index (χ2v) is 14.9. The Morgan fingerprint density at radius 2 is 1.55 bits per heavy atom. The van der Waals surface area contributed by atoms with E-state index < -0.39 is 12.1 Å². The van der Waals surface area contributed by atoms with E-state index in [1.807, 2.05) is 0 Å². The van der Waals surface area contributed by atoms with Crippen molar-refractivity contribution >= 4 is 11.8 Å². The van der Waals surface area contributed by atoms with E-state index in [0.717, 1.165) is 47.3 Å². The summed E-state index contributed by atoms with van der Waals surface area (Å²) in [6.45, 7) is 0. The molecule has 8 unspecified atom stereocenters. The van der Waals surface area contributed by atoms with Gasteiger partial charge in [0.1, 0.15) is 11.9 Å². The molecular formula is C32H44F3NOS. The number of ether oxygens (including phenoxy) is 1. The molecule has 7 rings (SSSR count). The second-order valence-electron chi connectivity index (χ2n) is 13.5. The average Bonchev–Trinajstić information content (AvgIpc) is 3.54. The van der Waals surface area contributed by atoms with Crippen LogP contribution in [0.1, 0.15) is 119 Å². The molecule has 4 saturated carbocycles. The van der Waals surface area contributed by atoms with Crippen molar-refractivity contribution in [3.63, 3.8) is 0 Å². The van der Waals surface area contributed by atoms with Gasteiger partial charge in [0.25, 0.3) is 0 Å². The lowest BCUT2D eigenvalue weighted by Crippen LogP contribution is -2.41. The summed E-state index contributed by atoms with van der Waals surface area (Å²) in [5.41, 5.74) is 2.37. The molecule has 4 aliphatic carbocycles. The van der Waals surface area contributed by atoms with Crippen LogP contribution >= 0.6 is 11.8 Å². The van der Waals surface area contributed by atoms with Gasteiger partial charge in [-0.1, -0.05) is 43.9 Å². The summed E-state index contributed by atoms with van der Waals surface area (Å²) in [6, 6.07) is 7.14. The van der Waals surface area contributed by atoms with Gasteiger partial charge < -0.3 is 10.1 Å². The zero-order valence-corrected chi connectivity index (χ0v) is 23.4. The predicted molar refractivity (Wildman–Crippen MR) is 148 cm³/mol. The highest BCUT2D eigenvalue weighted by Crippen LogP contribution is 2.56. The molecule has 2 nitrogen and oxygen atoms in total. The van der Waals surface area contributed by atoms with E-state index in [-0.39, 0.29) is 24.9 Å². The van der Waals surface area contributed by atoms with E-state index in [1.54, 1.807) is 0 Å². The quantitative estimate of drug-likeness (QED) is 0.408. The van der Waals surface area contributed by atoms with Crippen LogP contribution in [0, 0.1) is 23.7 Å². The molecular weight excluding hydrogens is 503 g/mol. The lowest BCUT2D eigenvalue weighted by molar-refractivity contribution is -0.183. The van der Waals surface area contributed by atoms with Gasteiger partial charge in [0, 0.05) is 22.8 Å². The van der Waals surface area contributed by atoms with Crippen molar-refractivity contribution in [2.45, 2.75) is 137 Å². The molecule has 1 N–H and O–H groups in total. The van der Waals surface area contributed by atoms with Crippen molar-refractivity contribution in [3.05, 3.63) is 29.3 Å². The number of fused-ring (bicyclic) bond motifs is 4. The molecule has 2 heterocycles. The maximum Gasteiger partial charge on any atom is 0.391 e. The van der Waals surface area contributed by atoms with Gasteiger partial charge in [0.2, 0.25) is 0 Å². The first kappa shape index (κ1) is 26.0. The van der Waals surface area contributed by atoms with Crippen molar-refractivity contribution in [2.75, 3.05) is 0 Å². The lowest BCUT2D eigenvalue weighted by Gasteiger charge is -2.41. The molecule has 1 saturated heterocycles. The number of halogens is 3. The Hall–Kier alpha value is -0.880. The molecule has 1 aromatic carbocycles. The minimum absolute atomic E-state index is 0.0283. The molecule has 210 valence electrons.